The van der Waals surface area contributed by atoms with E-state index in [1.807, 2.05) is 67.6 Å². The van der Waals surface area contributed by atoms with Gasteiger partial charge in [0.25, 0.3) is 5.91 Å². The quantitative estimate of drug-likeness (QED) is 0.372. The SMILES string of the molecule is Cc1nc(-c2cccc(Br)c2)ccc1C(=O)N(Cc1cccnc1)Cc1ccco1. The van der Waals surface area contributed by atoms with Gasteiger partial charge in [0.2, 0.25) is 0 Å². The lowest BCUT2D eigenvalue weighted by atomic mass is 10.1. The molecule has 6 heteroatoms. The lowest BCUT2D eigenvalue weighted by Gasteiger charge is -2.22. The number of aryl methyl sites for hydroxylation is 1. The van der Waals surface area contributed by atoms with E-state index in [-0.39, 0.29) is 5.91 Å². The molecule has 0 saturated carbocycles. The van der Waals surface area contributed by atoms with Gasteiger partial charge < -0.3 is 9.32 Å². The van der Waals surface area contributed by atoms with Crippen molar-refractivity contribution >= 4 is 21.8 Å². The van der Waals surface area contributed by atoms with Crippen LogP contribution in [0.25, 0.3) is 11.3 Å². The highest BCUT2D eigenvalue weighted by molar-refractivity contribution is 9.10. The maximum Gasteiger partial charge on any atom is 0.256 e. The van der Waals surface area contributed by atoms with E-state index in [1.165, 1.54) is 0 Å². The Bertz CT molecular complexity index is 1140. The summed E-state index contributed by atoms with van der Waals surface area (Å²) in [4.78, 5) is 24.0. The number of pyridine rings is 2. The number of rotatable bonds is 6. The molecule has 0 spiro atoms. The highest BCUT2D eigenvalue weighted by Crippen LogP contribution is 2.24. The number of amides is 1. The van der Waals surface area contributed by atoms with E-state index in [1.54, 1.807) is 23.6 Å². The Kier molecular flexibility index (Phi) is 6.05. The molecule has 30 heavy (non-hydrogen) atoms. The third-order valence-corrected chi connectivity index (χ3v) is 5.24. The first-order chi connectivity index (χ1) is 14.6. The second-order valence-corrected chi connectivity index (χ2v) is 7.86. The summed E-state index contributed by atoms with van der Waals surface area (Å²) in [7, 11) is 0. The topological polar surface area (TPSA) is 59.2 Å². The highest BCUT2D eigenvalue weighted by atomic mass is 79.9. The van der Waals surface area contributed by atoms with Gasteiger partial charge >= 0.3 is 0 Å². The van der Waals surface area contributed by atoms with Crippen LogP contribution in [0.15, 0.2) is 88.2 Å². The minimum Gasteiger partial charge on any atom is -0.467 e. The second-order valence-electron chi connectivity index (χ2n) is 6.94. The minimum atomic E-state index is -0.0963. The van der Waals surface area contributed by atoms with Crippen molar-refractivity contribution < 1.29 is 9.21 Å². The average Bonchev–Trinajstić information content (AvgIpc) is 3.27. The van der Waals surface area contributed by atoms with Crippen molar-refractivity contribution in [3.63, 3.8) is 0 Å². The zero-order chi connectivity index (χ0) is 20.9. The fourth-order valence-corrected chi connectivity index (χ4v) is 3.67. The van der Waals surface area contributed by atoms with E-state index in [2.05, 4.69) is 25.9 Å². The number of hydrogen-bond donors (Lipinski definition) is 0. The van der Waals surface area contributed by atoms with Gasteiger partial charge in [0.1, 0.15) is 5.76 Å². The number of carbonyl (C=O) groups excluding carboxylic acids is 1. The van der Waals surface area contributed by atoms with Gasteiger partial charge in [0.15, 0.2) is 0 Å². The summed E-state index contributed by atoms with van der Waals surface area (Å²) in [6, 6.07) is 19.2. The zero-order valence-corrected chi connectivity index (χ0v) is 18.0. The van der Waals surface area contributed by atoms with Crippen LogP contribution in [0, 0.1) is 6.92 Å². The lowest BCUT2D eigenvalue weighted by Crippen LogP contribution is -2.30. The van der Waals surface area contributed by atoms with E-state index in [4.69, 9.17) is 4.42 Å². The van der Waals surface area contributed by atoms with Gasteiger partial charge in [-0.1, -0.05) is 34.1 Å². The predicted molar refractivity (Wildman–Crippen MR) is 119 cm³/mol. The number of halogens is 1. The molecule has 0 aliphatic carbocycles. The first-order valence-corrected chi connectivity index (χ1v) is 10.3. The Morgan fingerprint density at radius 2 is 1.97 bits per heavy atom. The molecule has 4 aromatic rings. The fraction of sp³-hybridized carbons (Fsp3) is 0.125. The summed E-state index contributed by atoms with van der Waals surface area (Å²) < 4.78 is 6.46. The number of benzene rings is 1. The van der Waals surface area contributed by atoms with E-state index >= 15 is 0 Å². The van der Waals surface area contributed by atoms with Gasteiger partial charge in [0.05, 0.1) is 29.8 Å². The monoisotopic (exact) mass is 461 g/mol. The number of hydrogen-bond acceptors (Lipinski definition) is 4. The number of furan rings is 1. The molecule has 150 valence electrons. The van der Waals surface area contributed by atoms with Gasteiger partial charge in [-0.15, -0.1) is 0 Å². The van der Waals surface area contributed by atoms with Gasteiger partial charge in [-0.2, -0.15) is 0 Å². The summed E-state index contributed by atoms with van der Waals surface area (Å²) in [5.74, 6) is 0.629. The van der Waals surface area contributed by atoms with Crippen LogP contribution < -0.4 is 0 Å². The molecule has 1 aromatic carbocycles. The van der Waals surface area contributed by atoms with Gasteiger partial charge in [0, 0.05) is 29.0 Å². The van der Waals surface area contributed by atoms with Crippen molar-refractivity contribution in [1.82, 2.24) is 14.9 Å². The molecular formula is C24H20BrN3O2. The fourth-order valence-electron chi connectivity index (χ4n) is 3.27. The van der Waals surface area contributed by atoms with Crippen molar-refractivity contribution in [2.24, 2.45) is 0 Å². The highest BCUT2D eigenvalue weighted by Gasteiger charge is 2.20. The molecular weight excluding hydrogens is 442 g/mol. The molecule has 0 saturated heterocycles. The maximum atomic E-state index is 13.4. The molecule has 0 aliphatic rings. The van der Waals surface area contributed by atoms with Crippen molar-refractivity contribution in [2.75, 3.05) is 0 Å². The van der Waals surface area contributed by atoms with Gasteiger partial charge in [-0.3, -0.25) is 14.8 Å². The van der Waals surface area contributed by atoms with Crippen LogP contribution in [0.4, 0.5) is 0 Å². The van der Waals surface area contributed by atoms with Crippen LogP contribution in [0.3, 0.4) is 0 Å². The molecule has 0 unspecified atom stereocenters. The molecule has 5 nitrogen and oxygen atoms in total. The smallest absolute Gasteiger partial charge is 0.256 e. The summed E-state index contributed by atoms with van der Waals surface area (Å²) in [5, 5.41) is 0. The van der Waals surface area contributed by atoms with E-state index in [9.17, 15) is 4.79 Å². The van der Waals surface area contributed by atoms with Crippen LogP contribution in [-0.2, 0) is 13.1 Å². The summed E-state index contributed by atoms with van der Waals surface area (Å²) >= 11 is 3.49. The Morgan fingerprint density at radius 1 is 1.07 bits per heavy atom. The summed E-state index contributed by atoms with van der Waals surface area (Å²) in [6.45, 7) is 2.66. The van der Waals surface area contributed by atoms with Gasteiger partial charge in [-0.25, -0.2) is 0 Å². The Labute approximate surface area is 183 Å². The van der Waals surface area contributed by atoms with Crippen LogP contribution in [0.5, 0.6) is 0 Å². The first kappa shape index (κ1) is 20.0. The third-order valence-electron chi connectivity index (χ3n) is 4.75. The molecule has 0 atom stereocenters. The third kappa shape index (κ3) is 4.66. The second kappa shape index (κ2) is 9.05. The molecule has 4 rings (SSSR count). The average molecular weight is 462 g/mol. The van der Waals surface area contributed by atoms with Gasteiger partial charge in [-0.05, 0) is 55.0 Å². The molecule has 0 aliphatic heterocycles. The normalized spacial score (nSPS) is 10.7. The summed E-state index contributed by atoms with van der Waals surface area (Å²) in [6.07, 6.45) is 5.10. The molecule has 3 aromatic heterocycles. The van der Waals surface area contributed by atoms with Crippen LogP contribution >= 0.6 is 15.9 Å². The van der Waals surface area contributed by atoms with E-state index < -0.39 is 0 Å². The van der Waals surface area contributed by atoms with Crippen LogP contribution in [0.2, 0.25) is 0 Å². The van der Waals surface area contributed by atoms with Crippen LogP contribution in [-0.4, -0.2) is 20.8 Å². The minimum absolute atomic E-state index is 0.0963. The Balaban J connectivity index is 1.63. The van der Waals surface area contributed by atoms with Crippen molar-refractivity contribution in [2.45, 2.75) is 20.0 Å². The lowest BCUT2D eigenvalue weighted by molar-refractivity contribution is 0.0716. The Hall–Kier alpha value is -3.25. The van der Waals surface area contributed by atoms with Crippen LogP contribution in [0.1, 0.15) is 27.4 Å². The predicted octanol–water partition coefficient (Wildman–Crippen LogP) is 5.65. The van der Waals surface area contributed by atoms with Crippen molar-refractivity contribution in [3.05, 3.63) is 106 Å². The standard InChI is InChI=1S/C24H20BrN3O2/c1-17-22(9-10-23(27-17)19-6-2-7-20(25)13-19)24(29)28(16-21-8-4-12-30-21)15-18-5-3-11-26-14-18/h2-14H,15-16H2,1H3. The zero-order valence-electron chi connectivity index (χ0n) is 16.5. The molecule has 0 radical (unpaired) electrons. The van der Waals surface area contributed by atoms with Crippen molar-refractivity contribution in [3.8, 4) is 11.3 Å². The molecule has 3 heterocycles. The number of aromatic nitrogens is 2. The number of nitrogens with zero attached hydrogens (tertiary/aromatic N) is 3. The molecule has 0 bridgehead atoms. The number of carbonyl (C=O) groups is 1. The Morgan fingerprint density at radius 3 is 2.67 bits per heavy atom. The first-order valence-electron chi connectivity index (χ1n) is 9.54. The summed E-state index contributed by atoms with van der Waals surface area (Å²) in [5.41, 5.74) is 4.04. The largest absolute Gasteiger partial charge is 0.467 e. The van der Waals surface area contributed by atoms with Crippen molar-refractivity contribution in [1.29, 1.82) is 0 Å². The maximum absolute atomic E-state index is 13.4. The van der Waals surface area contributed by atoms with E-state index in [0.717, 1.165) is 27.1 Å². The molecule has 1 amide bonds. The molecule has 0 N–H and O–H groups in total. The van der Waals surface area contributed by atoms with E-state index in [0.29, 0.717) is 24.3 Å². The molecule has 0 fully saturated rings.